The summed E-state index contributed by atoms with van der Waals surface area (Å²) in [4.78, 5) is 40.7. The van der Waals surface area contributed by atoms with E-state index < -0.39 is 41.2 Å². The molecule has 0 saturated carbocycles. The Morgan fingerprint density at radius 2 is 1.46 bits per heavy atom. The van der Waals surface area contributed by atoms with Crippen LogP contribution in [0.25, 0.3) is 12.2 Å². The molecule has 2 saturated heterocycles. The number of β-amino-alcohol motifs (C(OH)–C–C–N with tert-alkyl or cyclic N) is 1. The van der Waals surface area contributed by atoms with Crippen LogP contribution in [0.3, 0.4) is 0 Å². The minimum Gasteiger partial charge on any atom is -0.480 e. The normalized spacial score (nSPS) is 25.1. The number of carboxylic acid groups (broad SMARTS) is 1. The van der Waals surface area contributed by atoms with E-state index in [2.05, 4.69) is 5.32 Å². The van der Waals surface area contributed by atoms with Crippen molar-refractivity contribution in [2.75, 3.05) is 13.2 Å². The monoisotopic (exact) mass is 496 g/mol. The van der Waals surface area contributed by atoms with Crippen molar-refractivity contribution in [3.8, 4) is 0 Å². The number of aliphatic hydroxyl groups excluding tert-OH is 1. The van der Waals surface area contributed by atoms with E-state index in [1.54, 1.807) is 0 Å². The lowest BCUT2D eigenvalue weighted by atomic mass is 9.76. The fourth-order valence-electron chi connectivity index (χ4n) is 5.59. The average Bonchev–Trinajstić information content (AvgIpc) is 3.39. The Hall–Kier alpha value is -4.07. The van der Waals surface area contributed by atoms with Crippen LogP contribution in [-0.4, -0.2) is 51.6 Å². The predicted octanol–water partition coefficient (Wildman–Crippen LogP) is 3.16. The predicted molar refractivity (Wildman–Crippen MR) is 139 cm³/mol. The number of carbonyl (C=O) groups excluding carboxylic acids is 2. The lowest BCUT2D eigenvalue weighted by molar-refractivity contribution is -0.151. The van der Waals surface area contributed by atoms with E-state index in [0.717, 1.165) is 27.2 Å². The third-order valence-electron chi connectivity index (χ3n) is 7.34. The summed E-state index contributed by atoms with van der Waals surface area (Å²) in [6.07, 6.45) is 4.03. The molecule has 2 amide bonds. The highest BCUT2D eigenvalue weighted by Crippen LogP contribution is 2.50. The summed E-state index contributed by atoms with van der Waals surface area (Å²) in [5.41, 5.74) is 1.83. The van der Waals surface area contributed by atoms with E-state index in [4.69, 9.17) is 0 Å². The van der Waals surface area contributed by atoms with Gasteiger partial charge in [0.15, 0.2) is 0 Å². The van der Waals surface area contributed by atoms with Crippen LogP contribution >= 0.6 is 0 Å². The Morgan fingerprint density at radius 1 is 0.865 bits per heavy atom. The summed E-state index contributed by atoms with van der Waals surface area (Å²) >= 11 is 0. The van der Waals surface area contributed by atoms with Gasteiger partial charge in [0.05, 0.1) is 25.0 Å². The number of hydrogen-bond acceptors (Lipinski definition) is 5. The molecule has 3 N–H and O–H groups in total. The van der Waals surface area contributed by atoms with Crippen molar-refractivity contribution in [2.24, 2.45) is 11.8 Å². The summed E-state index contributed by atoms with van der Waals surface area (Å²) in [7, 11) is 0. The quantitative estimate of drug-likeness (QED) is 0.327. The third-order valence-corrected chi connectivity index (χ3v) is 7.34. The zero-order chi connectivity index (χ0) is 26.0. The molecule has 0 aromatic heterocycles. The molecule has 0 bridgehead atoms. The number of rotatable bonds is 8. The second-order valence-electron chi connectivity index (χ2n) is 9.53. The number of aliphatic carboxylic acids is 1. The number of carboxylic acids is 1. The van der Waals surface area contributed by atoms with Crippen LogP contribution in [-0.2, 0) is 20.8 Å². The molecule has 3 aromatic rings. The molecule has 2 fully saturated rings. The van der Waals surface area contributed by atoms with E-state index in [-0.39, 0.29) is 19.6 Å². The minimum absolute atomic E-state index is 0.0464. The zero-order valence-corrected chi connectivity index (χ0v) is 20.2. The number of hydrogen-bond donors (Lipinski definition) is 3. The molecule has 3 aromatic carbocycles. The number of nitrogens with one attached hydrogen (secondary N) is 1. The van der Waals surface area contributed by atoms with Crippen LogP contribution in [0.1, 0.15) is 28.3 Å². The molecule has 0 radical (unpaired) electrons. The Labute approximate surface area is 215 Å². The minimum atomic E-state index is -1.67. The lowest BCUT2D eigenvalue weighted by Crippen LogP contribution is -2.57. The third kappa shape index (κ3) is 4.48. The molecular formula is C30H28N2O5. The number of carbonyl (C=O) groups is 3. The number of likely N-dealkylation sites (tertiary alicyclic amines) is 1. The highest BCUT2D eigenvalue weighted by Gasteiger charge is 2.68. The van der Waals surface area contributed by atoms with Gasteiger partial charge in [-0.3, -0.25) is 24.6 Å². The van der Waals surface area contributed by atoms with Gasteiger partial charge >= 0.3 is 5.97 Å². The first-order valence-corrected chi connectivity index (χ1v) is 12.3. The van der Waals surface area contributed by atoms with Crippen LogP contribution in [0.4, 0.5) is 0 Å². The molecule has 5 rings (SSSR count). The van der Waals surface area contributed by atoms with E-state index in [0.29, 0.717) is 0 Å². The average molecular weight is 497 g/mol. The summed E-state index contributed by atoms with van der Waals surface area (Å²) < 4.78 is 0. The second-order valence-corrected chi connectivity index (χ2v) is 9.53. The van der Waals surface area contributed by atoms with Crippen molar-refractivity contribution in [1.29, 1.82) is 0 Å². The Kier molecular flexibility index (Phi) is 6.74. The van der Waals surface area contributed by atoms with E-state index in [9.17, 15) is 24.6 Å². The lowest BCUT2D eigenvalue weighted by Gasteiger charge is -2.31. The highest BCUT2D eigenvalue weighted by atomic mass is 16.4. The number of nitrogens with zero attached hydrogens (tertiary/aromatic N) is 1. The van der Waals surface area contributed by atoms with E-state index >= 15 is 0 Å². The maximum absolute atomic E-state index is 13.4. The molecule has 0 aliphatic carbocycles. The van der Waals surface area contributed by atoms with Gasteiger partial charge in [0, 0.05) is 12.5 Å². The van der Waals surface area contributed by atoms with Gasteiger partial charge in [-0.05, 0) is 22.3 Å². The van der Waals surface area contributed by atoms with Gasteiger partial charge in [-0.1, -0.05) is 97.1 Å². The van der Waals surface area contributed by atoms with Gasteiger partial charge in [0.1, 0.15) is 5.54 Å². The zero-order valence-electron chi connectivity index (χ0n) is 20.2. The Bertz CT molecular complexity index is 1320. The van der Waals surface area contributed by atoms with Crippen molar-refractivity contribution in [3.05, 3.63) is 107 Å². The maximum atomic E-state index is 13.4. The number of imide groups is 1. The number of benzene rings is 3. The van der Waals surface area contributed by atoms with Crippen LogP contribution in [0.15, 0.2) is 84.9 Å². The first-order chi connectivity index (χ1) is 17.9. The maximum Gasteiger partial charge on any atom is 0.325 e. The summed E-state index contributed by atoms with van der Waals surface area (Å²) in [6.45, 7) is -0.530. The largest absolute Gasteiger partial charge is 0.480 e. The van der Waals surface area contributed by atoms with Gasteiger partial charge in [-0.15, -0.1) is 0 Å². The van der Waals surface area contributed by atoms with Crippen LogP contribution in [0.5, 0.6) is 0 Å². The first-order valence-electron chi connectivity index (χ1n) is 12.3. The molecule has 7 heteroatoms. The molecule has 188 valence electrons. The molecule has 0 spiro atoms. The number of aliphatic hydroxyl groups is 1. The van der Waals surface area contributed by atoms with Crippen molar-refractivity contribution in [1.82, 2.24) is 10.2 Å². The van der Waals surface area contributed by atoms with Crippen LogP contribution in [0.2, 0.25) is 0 Å². The van der Waals surface area contributed by atoms with Crippen molar-refractivity contribution < 1.29 is 24.6 Å². The first kappa shape index (κ1) is 24.6. The molecule has 4 atom stereocenters. The molecule has 4 unspecified atom stereocenters. The molecule has 2 aliphatic heterocycles. The summed E-state index contributed by atoms with van der Waals surface area (Å²) in [5.74, 6) is -4.16. The Morgan fingerprint density at radius 3 is 2.05 bits per heavy atom. The van der Waals surface area contributed by atoms with E-state index in [1.807, 2.05) is 97.1 Å². The van der Waals surface area contributed by atoms with E-state index in [1.165, 1.54) is 0 Å². The Balaban J connectivity index is 1.51. The summed E-state index contributed by atoms with van der Waals surface area (Å²) in [6, 6.07) is 25.9. The van der Waals surface area contributed by atoms with Crippen LogP contribution in [0, 0.1) is 11.8 Å². The second kappa shape index (κ2) is 10.1. The van der Waals surface area contributed by atoms with Gasteiger partial charge in [0.2, 0.25) is 11.8 Å². The van der Waals surface area contributed by atoms with Gasteiger partial charge in [-0.25, -0.2) is 0 Å². The molecule has 2 heterocycles. The topological polar surface area (TPSA) is 107 Å². The fraction of sp³-hybridized carbons (Fsp3) is 0.233. The SMILES string of the molecule is O=C1C2C(c3ccc(/C=C/c4ccccc4)cc3)NC(Cc3ccccc3)(C(=O)O)C2C(=O)N1CCO. The number of amides is 2. The molecule has 2 aliphatic rings. The van der Waals surface area contributed by atoms with Gasteiger partial charge < -0.3 is 10.2 Å². The van der Waals surface area contributed by atoms with Crippen molar-refractivity contribution >= 4 is 29.9 Å². The van der Waals surface area contributed by atoms with Crippen LogP contribution < -0.4 is 5.32 Å². The van der Waals surface area contributed by atoms with Gasteiger partial charge in [0.25, 0.3) is 0 Å². The smallest absolute Gasteiger partial charge is 0.325 e. The van der Waals surface area contributed by atoms with Gasteiger partial charge in [-0.2, -0.15) is 0 Å². The van der Waals surface area contributed by atoms with Crippen molar-refractivity contribution in [2.45, 2.75) is 18.0 Å². The summed E-state index contributed by atoms with van der Waals surface area (Å²) in [5, 5.41) is 23.2. The van der Waals surface area contributed by atoms with Crippen molar-refractivity contribution in [3.63, 3.8) is 0 Å². The number of fused-ring (bicyclic) bond motifs is 1. The molecule has 37 heavy (non-hydrogen) atoms. The molecule has 7 nitrogen and oxygen atoms in total. The highest BCUT2D eigenvalue weighted by molar-refractivity contribution is 6.09. The molecular weight excluding hydrogens is 468 g/mol. The standard InChI is InChI=1S/C30H28N2O5/c33-18-17-32-27(34)24-25(28(32)35)30(29(36)37,19-22-9-5-2-6-10-22)31-26(24)23-15-13-21(14-16-23)12-11-20-7-3-1-4-8-20/h1-16,24-26,31,33H,17-19H2,(H,36,37)/b12-11+. The fourth-order valence-corrected chi connectivity index (χ4v) is 5.59.